The number of fused-ring (bicyclic) bond motifs is 1. The smallest absolute Gasteiger partial charge is 0.308 e. The van der Waals surface area contributed by atoms with Crippen molar-refractivity contribution in [1.82, 2.24) is 5.32 Å². The van der Waals surface area contributed by atoms with Gasteiger partial charge in [0.05, 0.1) is 12.1 Å². The van der Waals surface area contributed by atoms with Gasteiger partial charge in [-0.05, 0) is 31.9 Å². The van der Waals surface area contributed by atoms with Crippen LogP contribution in [0.4, 0.5) is 5.69 Å². The number of hydrogen-bond donors (Lipinski definition) is 1. The molecule has 2 aromatic carbocycles. The standard InChI is InChI=1S/C23H24N2O5/c1-15-23(28)25(18-9-5-6-10-19(18)29-15)14-13-20(26)30-21(16-7-3-2-4-8-16)22(27)24-17-11-12-17/h2-10,15,17,21H,11-14H2,1H3,(H,24,27). The van der Waals surface area contributed by atoms with Crippen molar-refractivity contribution in [2.75, 3.05) is 11.4 Å². The van der Waals surface area contributed by atoms with Crippen LogP contribution in [0, 0.1) is 0 Å². The lowest BCUT2D eigenvalue weighted by Crippen LogP contribution is -2.45. The van der Waals surface area contributed by atoms with E-state index >= 15 is 0 Å². The van der Waals surface area contributed by atoms with Crippen molar-refractivity contribution >= 4 is 23.5 Å². The van der Waals surface area contributed by atoms with Gasteiger partial charge in [0.25, 0.3) is 11.8 Å². The monoisotopic (exact) mass is 408 g/mol. The summed E-state index contributed by atoms with van der Waals surface area (Å²) in [5.41, 5.74) is 1.24. The van der Waals surface area contributed by atoms with Gasteiger partial charge in [-0.25, -0.2) is 0 Å². The molecule has 30 heavy (non-hydrogen) atoms. The number of amides is 2. The Kier molecular flexibility index (Phi) is 5.70. The van der Waals surface area contributed by atoms with Gasteiger partial charge in [0.1, 0.15) is 5.75 Å². The Morgan fingerprint density at radius 1 is 1.13 bits per heavy atom. The Morgan fingerprint density at radius 2 is 1.83 bits per heavy atom. The highest BCUT2D eigenvalue weighted by Gasteiger charge is 2.33. The molecule has 4 rings (SSSR count). The average molecular weight is 408 g/mol. The van der Waals surface area contributed by atoms with Gasteiger partial charge >= 0.3 is 5.97 Å². The van der Waals surface area contributed by atoms with Gasteiger partial charge < -0.3 is 19.7 Å². The van der Waals surface area contributed by atoms with Crippen molar-refractivity contribution in [3.8, 4) is 5.75 Å². The summed E-state index contributed by atoms with van der Waals surface area (Å²) >= 11 is 0. The zero-order valence-corrected chi connectivity index (χ0v) is 16.7. The quantitative estimate of drug-likeness (QED) is 0.712. The third kappa shape index (κ3) is 4.45. The second kappa shape index (κ2) is 8.57. The largest absolute Gasteiger partial charge is 0.479 e. The fourth-order valence-electron chi connectivity index (χ4n) is 3.39. The van der Waals surface area contributed by atoms with Crippen molar-refractivity contribution < 1.29 is 23.9 Å². The summed E-state index contributed by atoms with van der Waals surface area (Å²) in [6, 6.07) is 16.3. The van der Waals surface area contributed by atoms with Crippen LogP contribution in [-0.2, 0) is 19.1 Å². The number of ether oxygens (including phenoxy) is 2. The summed E-state index contributed by atoms with van der Waals surface area (Å²) in [6.07, 6.45) is 0.214. The van der Waals surface area contributed by atoms with Gasteiger partial charge in [-0.2, -0.15) is 0 Å². The highest BCUT2D eigenvalue weighted by atomic mass is 16.5. The Bertz CT molecular complexity index is 942. The first kappa shape index (κ1) is 19.9. The van der Waals surface area contributed by atoms with E-state index in [9.17, 15) is 14.4 Å². The third-order valence-electron chi connectivity index (χ3n) is 5.13. The maximum absolute atomic E-state index is 12.6. The van der Waals surface area contributed by atoms with Crippen molar-refractivity contribution in [1.29, 1.82) is 0 Å². The van der Waals surface area contributed by atoms with Gasteiger partial charge in [0, 0.05) is 18.2 Å². The molecule has 1 N–H and O–H groups in total. The summed E-state index contributed by atoms with van der Waals surface area (Å²) < 4.78 is 11.2. The van der Waals surface area contributed by atoms with Crippen LogP contribution in [0.3, 0.4) is 0 Å². The number of rotatable bonds is 7. The number of para-hydroxylation sites is 2. The fraction of sp³-hybridized carbons (Fsp3) is 0.348. The normalized spacial score (nSPS) is 18.8. The van der Waals surface area contributed by atoms with Crippen LogP contribution in [0.15, 0.2) is 54.6 Å². The van der Waals surface area contributed by atoms with E-state index in [1.165, 1.54) is 4.90 Å². The molecular formula is C23H24N2O5. The van der Waals surface area contributed by atoms with Crippen LogP contribution < -0.4 is 15.0 Å². The van der Waals surface area contributed by atoms with Gasteiger partial charge in [-0.3, -0.25) is 14.4 Å². The molecule has 0 bridgehead atoms. The van der Waals surface area contributed by atoms with Gasteiger partial charge in [-0.1, -0.05) is 42.5 Å². The molecule has 7 nitrogen and oxygen atoms in total. The van der Waals surface area contributed by atoms with Crippen LogP contribution in [0.25, 0.3) is 0 Å². The van der Waals surface area contributed by atoms with Crippen molar-refractivity contribution in [2.24, 2.45) is 0 Å². The molecule has 1 fully saturated rings. The molecule has 2 aliphatic rings. The average Bonchev–Trinajstić information content (AvgIpc) is 3.57. The molecule has 0 aromatic heterocycles. The minimum Gasteiger partial charge on any atom is -0.479 e. The Labute approximate surface area is 175 Å². The first-order chi connectivity index (χ1) is 14.5. The number of benzene rings is 2. The Balaban J connectivity index is 1.43. The predicted molar refractivity (Wildman–Crippen MR) is 110 cm³/mol. The minimum atomic E-state index is -1.01. The molecular weight excluding hydrogens is 384 g/mol. The van der Waals surface area contributed by atoms with E-state index in [4.69, 9.17) is 9.47 Å². The van der Waals surface area contributed by atoms with E-state index in [0.717, 1.165) is 12.8 Å². The second-order valence-electron chi connectivity index (χ2n) is 7.53. The molecule has 0 radical (unpaired) electrons. The number of nitrogens with one attached hydrogen (secondary N) is 1. The molecule has 1 saturated carbocycles. The van der Waals surface area contributed by atoms with E-state index in [1.54, 1.807) is 43.3 Å². The number of nitrogens with zero attached hydrogens (tertiary/aromatic N) is 1. The molecule has 2 unspecified atom stereocenters. The minimum absolute atomic E-state index is 0.0349. The van der Waals surface area contributed by atoms with Crippen molar-refractivity contribution in [3.05, 3.63) is 60.2 Å². The molecule has 0 saturated heterocycles. The summed E-state index contributed by atoms with van der Waals surface area (Å²) in [7, 11) is 0. The molecule has 2 amide bonds. The van der Waals surface area contributed by atoms with Crippen LogP contribution in [-0.4, -0.2) is 36.5 Å². The zero-order chi connectivity index (χ0) is 21.1. The lowest BCUT2D eigenvalue weighted by Gasteiger charge is -2.32. The van der Waals surface area contributed by atoms with Crippen LogP contribution >= 0.6 is 0 Å². The summed E-state index contributed by atoms with van der Waals surface area (Å²) in [5, 5.41) is 2.89. The topological polar surface area (TPSA) is 84.9 Å². The van der Waals surface area contributed by atoms with E-state index in [2.05, 4.69) is 5.32 Å². The highest BCUT2D eigenvalue weighted by Crippen LogP contribution is 2.33. The number of hydrogen-bond acceptors (Lipinski definition) is 5. The fourth-order valence-corrected chi connectivity index (χ4v) is 3.39. The molecule has 156 valence electrons. The van der Waals surface area contributed by atoms with E-state index < -0.39 is 18.2 Å². The third-order valence-corrected chi connectivity index (χ3v) is 5.13. The van der Waals surface area contributed by atoms with Crippen molar-refractivity contribution in [3.63, 3.8) is 0 Å². The van der Waals surface area contributed by atoms with Crippen LogP contribution in [0.1, 0.15) is 37.9 Å². The number of carbonyl (C=O) groups excluding carboxylic acids is 3. The molecule has 2 aromatic rings. The summed E-state index contributed by atoms with van der Waals surface area (Å²) in [6.45, 7) is 1.82. The molecule has 1 aliphatic heterocycles. The Hall–Kier alpha value is -3.35. The van der Waals surface area contributed by atoms with Crippen LogP contribution in [0.2, 0.25) is 0 Å². The zero-order valence-electron chi connectivity index (χ0n) is 16.7. The molecule has 1 heterocycles. The Morgan fingerprint density at radius 3 is 2.57 bits per heavy atom. The first-order valence-electron chi connectivity index (χ1n) is 10.1. The van der Waals surface area contributed by atoms with Gasteiger partial charge in [-0.15, -0.1) is 0 Å². The lowest BCUT2D eigenvalue weighted by molar-refractivity contribution is -0.156. The molecule has 7 heteroatoms. The summed E-state index contributed by atoms with van der Waals surface area (Å²) in [4.78, 5) is 39.3. The van der Waals surface area contributed by atoms with Crippen molar-refractivity contribution in [2.45, 2.75) is 44.4 Å². The highest BCUT2D eigenvalue weighted by molar-refractivity contribution is 6.00. The van der Waals surface area contributed by atoms with E-state index in [0.29, 0.717) is 17.0 Å². The molecule has 1 aliphatic carbocycles. The second-order valence-corrected chi connectivity index (χ2v) is 7.53. The number of esters is 1. The first-order valence-corrected chi connectivity index (χ1v) is 10.1. The predicted octanol–water partition coefficient (Wildman–Crippen LogP) is 2.75. The number of carbonyl (C=O) groups is 3. The van der Waals surface area contributed by atoms with Gasteiger partial charge in [0.15, 0.2) is 6.10 Å². The van der Waals surface area contributed by atoms with Gasteiger partial charge in [0.2, 0.25) is 6.10 Å². The number of anilines is 1. The molecule has 0 spiro atoms. The van der Waals surface area contributed by atoms with Crippen LogP contribution in [0.5, 0.6) is 5.75 Å². The van der Waals surface area contributed by atoms with E-state index in [-0.39, 0.29) is 30.8 Å². The summed E-state index contributed by atoms with van der Waals surface area (Å²) in [5.74, 6) is -0.478. The lowest BCUT2D eigenvalue weighted by atomic mass is 10.1. The maximum Gasteiger partial charge on any atom is 0.308 e. The van der Waals surface area contributed by atoms with E-state index in [1.807, 2.05) is 18.2 Å². The SMILES string of the molecule is CC1Oc2ccccc2N(CCC(=O)OC(C(=O)NC2CC2)c2ccccc2)C1=O. The maximum atomic E-state index is 12.6. The molecule has 2 atom stereocenters.